The van der Waals surface area contributed by atoms with Gasteiger partial charge in [0.05, 0.1) is 18.9 Å². The molecule has 0 fully saturated rings. The molecule has 6 heteroatoms. The molecule has 130 valence electrons. The van der Waals surface area contributed by atoms with E-state index in [1.54, 1.807) is 20.3 Å². The molecule has 0 bridgehead atoms. The van der Waals surface area contributed by atoms with E-state index in [1.165, 1.54) is 11.3 Å². The van der Waals surface area contributed by atoms with E-state index in [1.807, 2.05) is 48.5 Å². The Morgan fingerprint density at radius 1 is 1.04 bits per heavy atom. The number of amides is 1. The third kappa shape index (κ3) is 2.84. The van der Waals surface area contributed by atoms with Gasteiger partial charge in [-0.05, 0) is 22.9 Å². The minimum Gasteiger partial charge on any atom is -0.497 e. The number of benzene rings is 3. The van der Waals surface area contributed by atoms with Crippen molar-refractivity contribution in [2.45, 2.75) is 0 Å². The second-order valence-electron chi connectivity index (χ2n) is 5.68. The van der Waals surface area contributed by atoms with Gasteiger partial charge in [-0.2, -0.15) is 0 Å². The highest BCUT2D eigenvalue weighted by Crippen LogP contribution is 2.36. The Morgan fingerprint density at radius 3 is 2.65 bits per heavy atom. The molecule has 1 amide bonds. The van der Waals surface area contributed by atoms with Crippen molar-refractivity contribution in [1.29, 1.82) is 0 Å². The molecule has 3 aromatic carbocycles. The van der Waals surface area contributed by atoms with Crippen LogP contribution in [0.5, 0.6) is 11.5 Å². The van der Waals surface area contributed by atoms with Gasteiger partial charge >= 0.3 is 0 Å². The summed E-state index contributed by atoms with van der Waals surface area (Å²) in [6.45, 7) is 0. The minimum absolute atomic E-state index is 0.188. The summed E-state index contributed by atoms with van der Waals surface area (Å²) in [5, 5.41) is 5.35. The van der Waals surface area contributed by atoms with Gasteiger partial charge < -0.3 is 9.47 Å². The molecule has 0 radical (unpaired) electrons. The van der Waals surface area contributed by atoms with Crippen molar-refractivity contribution < 1.29 is 14.3 Å². The summed E-state index contributed by atoms with van der Waals surface area (Å²) >= 11 is 1.38. The molecule has 0 spiro atoms. The predicted molar refractivity (Wildman–Crippen MR) is 105 cm³/mol. The third-order valence-corrected chi connectivity index (χ3v) is 5.06. The number of nitrogens with one attached hydrogen (secondary N) is 1. The molecule has 0 aliphatic heterocycles. The van der Waals surface area contributed by atoms with Crippen LogP contribution in [-0.4, -0.2) is 25.1 Å². The number of rotatable bonds is 4. The summed E-state index contributed by atoms with van der Waals surface area (Å²) in [4.78, 5) is 17.3. The lowest BCUT2D eigenvalue weighted by Crippen LogP contribution is -2.12. The first-order valence-corrected chi connectivity index (χ1v) is 8.83. The lowest BCUT2D eigenvalue weighted by molar-refractivity contribution is 0.102. The molecule has 0 unspecified atom stereocenters. The number of carbonyl (C=O) groups is 1. The van der Waals surface area contributed by atoms with Crippen molar-refractivity contribution >= 4 is 43.4 Å². The van der Waals surface area contributed by atoms with Gasteiger partial charge in [0.25, 0.3) is 5.91 Å². The highest BCUT2D eigenvalue weighted by atomic mass is 32.1. The van der Waals surface area contributed by atoms with Gasteiger partial charge in [0.15, 0.2) is 5.13 Å². The van der Waals surface area contributed by atoms with Crippen molar-refractivity contribution in [3.63, 3.8) is 0 Å². The topological polar surface area (TPSA) is 60.5 Å². The maximum Gasteiger partial charge on any atom is 0.258 e. The van der Waals surface area contributed by atoms with Crippen LogP contribution in [0.15, 0.2) is 54.6 Å². The monoisotopic (exact) mass is 364 g/mol. The second-order valence-corrected chi connectivity index (χ2v) is 6.71. The number of carbonyl (C=O) groups excluding carboxylic acids is 1. The number of hydrogen-bond donors (Lipinski definition) is 1. The summed E-state index contributed by atoms with van der Waals surface area (Å²) in [5.41, 5.74) is 1.32. The molecule has 0 saturated heterocycles. The predicted octanol–water partition coefficient (Wildman–Crippen LogP) is 4.72. The molecule has 4 rings (SSSR count). The van der Waals surface area contributed by atoms with E-state index in [-0.39, 0.29) is 5.91 Å². The maximum absolute atomic E-state index is 12.8. The first-order valence-electron chi connectivity index (χ1n) is 8.01. The summed E-state index contributed by atoms with van der Waals surface area (Å²) in [5.74, 6) is 1.11. The summed E-state index contributed by atoms with van der Waals surface area (Å²) in [7, 11) is 3.19. The third-order valence-electron chi connectivity index (χ3n) is 4.14. The lowest BCUT2D eigenvalue weighted by Gasteiger charge is -2.05. The summed E-state index contributed by atoms with van der Waals surface area (Å²) in [6.07, 6.45) is 0. The zero-order chi connectivity index (χ0) is 18.1. The normalized spacial score (nSPS) is 10.8. The largest absolute Gasteiger partial charge is 0.497 e. The van der Waals surface area contributed by atoms with E-state index in [0.717, 1.165) is 15.5 Å². The van der Waals surface area contributed by atoms with Gasteiger partial charge in [-0.3, -0.25) is 10.1 Å². The number of hydrogen-bond acceptors (Lipinski definition) is 5. The van der Waals surface area contributed by atoms with Crippen LogP contribution in [0.3, 0.4) is 0 Å². The zero-order valence-corrected chi connectivity index (χ0v) is 15.1. The van der Waals surface area contributed by atoms with Gasteiger partial charge in [0.2, 0.25) is 0 Å². The van der Waals surface area contributed by atoms with Gasteiger partial charge in [-0.1, -0.05) is 47.7 Å². The van der Waals surface area contributed by atoms with Crippen LogP contribution in [-0.2, 0) is 0 Å². The van der Waals surface area contributed by atoms with Crippen molar-refractivity contribution in [2.24, 2.45) is 0 Å². The fraction of sp³-hybridized carbons (Fsp3) is 0.100. The molecule has 0 aliphatic rings. The van der Waals surface area contributed by atoms with Crippen LogP contribution >= 0.6 is 11.3 Å². The average Bonchev–Trinajstić information content (AvgIpc) is 3.08. The van der Waals surface area contributed by atoms with Gasteiger partial charge in [-0.15, -0.1) is 0 Å². The van der Waals surface area contributed by atoms with E-state index in [2.05, 4.69) is 10.3 Å². The lowest BCUT2D eigenvalue weighted by atomic mass is 10.0. The average molecular weight is 364 g/mol. The number of anilines is 1. The Kier molecular flexibility index (Phi) is 4.18. The van der Waals surface area contributed by atoms with Gasteiger partial charge in [0, 0.05) is 11.6 Å². The fourth-order valence-corrected chi connectivity index (χ4v) is 3.80. The van der Waals surface area contributed by atoms with Crippen LogP contribution in [0.25, 0.3) is 21.0 Å². The van der Waals surface area contributed by atoms with Crippen LogP contribution in [0.4, 0.5) is 5.13 Å². The second kappa shape index (κ2) is 6.65. The molecule has 0 saturated carbocycles. The number of thiazole rings is 1. The van der Waals surface area contributed by atoms with Gasteiger partial charge in [-0.25, -0.2) is 4.98 Å². The van der Waals surface area contributed by atoms with E-state index in [0.29, 0.717) is 27.7 Å². The van der Waals surface area contributed by atoms with Crippen molar-refractivity contribution in [1.82, 2.24) is 4.98 Å². The Labute approximate surface area is 154 Å². The summed E-state index contributed by atoms with van der Waals surface area (Å²) in [6, 6.07) is 17.1. The van der Waals surface area contributed by atoms with Crippen molar-refractivity contribution in [2.75, 3.05) is 19.5 Å². The van der Waals surface area contributed by atoms with Crippen LogP contribution in [0, 0.1) is 0 Å². The fourth-order valence-electron chi connectivity index (χ4n) is 2.89. The zero-order valence-electron chi connectivity index (χ0n) is 14.3. The number of fused-ring (bicyclic) bond motifs is 2. The van der Waals surface area contributed by atoms with Crippen LogP contribution in [0.1, 0.15) is 10.4 Å². The molecule has 26 heavy (non-hydrogen) atoms. The Bertz CT molecular complexity index is 1120. The minimum atomic E-state index is -0.188. The molecule has 1 heterocycles. The first-order chi connectivity index (χ1) is 12.7. The maximum atomic E-state index is 12.8. The van der Waals surface area contributed by atoms with Crippen molar-refractivity contribution in [3.8, 4) is 11.5 Å². The van der Waals surface area contributed by atoms with Crippen LogP contribution < -0.4 is 14.8 Å². The number of methoxy groups -OCH3 is 2. The highest BCUT2D eigenvalue weighted by molar-refractivity contribution is 7.22. The molecule has 1 N–H and O–H groups in total. The smallest absolute Gasteiger partial charge is 0.258 e. The SMILES string of the molecule is COc1cc(OC)c2nc(NC(=O)c3cccc4ccccc34)sc2c1. The first kappa shape index (κ1) is 16.4. The van der Waals surface area contributed by atoms with E-state index >= 15 is 0 Å². The Morgan fingerprint density at radius 2 is 1.85 bits per heavy atom. The molecular formula is C20H16N2O3S. The molecule has 0 aliphatic carbocycles. The Balaban J connectivity index is 1.71. The molecule has 0 atom stereocenters. The summed E-state index contributed by atoms with van der Waals surface area (Å²) < 4.78 is 11.5. The molecule has 1 aromatic heterocycles. The van der Waals surface area contributed by atoms with E-state index in [4.69, 9.17) is 9.47 Å². The van der Waals surface area contributed by atoms with Crippen molar-refractivity contribution in [3.05, 3.63) is 60.2 Å². The number of aromatic nitrogens is 1. The Hall–Kier alpha value is -3.12. The van der Waals surface area contributed by atoms with Crippen LogP contribution in [0.2, 0.25) is 0 Å². The molecular weight excluding hydrogens is 348 g/mol. The number of nitrogens with zero attached hydrogens (tertiary/aromatic N) is 1. The molecule has 5 nitrogen and oxygen atoms in total. The van der Waals surface area contributed by atoms with E-state index < -0.39 is 0 Å². The highest BCUT2D eigenvalue weighted by Gasteiger charge is 2.15. The van der Waals surface area contributed by atoms with E-state index in [9.17, 15) is 4.79 Å². The molecule has 4 aromatic rings. The standard InChI is InChI=1S/C20H16N2O3S/c1-24-13-10-16(25-2)18-17(11-13)26-20(21-18)22-19(23)15-9-5-7-12-6-3-4-8-14(12)15/h3-11H,1-2H3,(H,21,22,23). The number of ether oxygens (including phenoxy) is 2. The van der Waals surface area contributed by atoms with Gasteiger partial charge in [0.1, 0.15) is 17.0 Å². The quantitative estimate of drug-likeness (QED) is 0.569.